The summed E-state index contributed by atoms with van der Waals surface area (Å²) in [6, 6.07) is 15.8. The third-order valence-electron chi connectivity index (χ3n) is 3.80. The van der Waals surface area contributed by atoms with Gasteiger partial charge in [0.15, 0.2) is 5.16 Å². The molecule has 0 aliphatic rings. The maximum absolute atomic E-state index is 11.5. The second kappa shape index (κ2) is 5.24. The monoisotopic (exact) mass is 322 g/mol. The van der Waals surface area contributed by atoms with E-state index in [1.54, 1.807) is 6.92 Å². The van der Waals surface area contributed by atoms with Crippen LogP contribution in [0.2, 0.25) is 0 Å². The fourth-order valence-corrected chi connectivity index (χ4v) is 3.48. The number of nitrogens with two attached hydrogens (primary N) is 1. The van der Waals surface area contributed by atoms with Gasteiger partial charge in [0.2, 0.25) is 5.91 Å². The first-order valence-electron chi connectivity index (χ1n) is 7.27. The van der Waals surface area contributed by atoms with Gasteiger partial charge in [-0.25, -0.2) is 9.97 Å². The van der Waals surface area contributed by atoms with Crippen LogP contribution in [0.3, 0.4) is 0 Å². The van der Waals surface area contributed by atoms with Gasteiger partial charge in [0.1, 0.15) is 5.65 Å². The zero-order valence-electron chi connectivity index (χ0n) is 12.4. The molecule has 0 aliphatic carbocycles. The SMILES string of the molecule is C[C@H](Sc1nc2ccccc2c2nc3ccccc3n12)C(N)=O. The lowest BCUT2D eigenvalue weighted by Crippen LogP contribution is -2.23. The van der Waals surface area contributed by atoms with E-state index in [4.69, 9.17) is 15.7 Å². The van der Waals surface area contributed by atoms with Crippen LogP contribution in [0.4, 0.5) is 0 Å². The Morgan fingerprint density at radius 1 is 1.09 bits per heavy atom. The number of benzene rings is 2. The zero-order chi connectivity index (χ0) is 16.0. The Morgan fingerprint density at radius 2 is 1.78 bits per heavy atom. The van der Waals surface area contributed by atoms with Crippen LogP contribution in [0.5, 0.6) is 0 Å². The molecule has 0 spiro atoms. The van der Waals surface area contributed by atoms with Crippen molar-refractivity contribution in [1.29, 1.82) is 0 Å². The molecule has 5 nitrogen and oxygen atoms in total. The van der Waals surface area contributed by atoms with Crippen LogP contribution in [-0.2, 0) is 4.79 Å². The molecule has 4 rings (SSSR count). The number of primary amides is 1. The van der Waals surface area contributed by atoms with Gasteiger partial charge in [-0.05, 0) is 31.2 Å². The van der Waals surface area contributed by atoms with E-state index in [0.29, 0.717) is 0 Å². The molecule has 6 heteroatoms. The van der Waals surface area contributed by atoms with Gasteiger partial charge in [-0.2, -0.15) is 0 Å². The normalized spacial score (nSPS) is 12.9. The second-order valence-electron chi connectivity index (χ2n) is 5.33. The van der Waals surface area contributed by atoms with Crippen LogP contribution in [-0.4, -0.2) is 25.5 Å². The summed E-state index contributed by atoms with van der Waals surface area (Å²) in [5.41, 5.74) is 8.99. The Labute approximate surface area is 136 Å². The Kier molecular flexibility index (Phi) is 3.20. The first-order valence-corrected chi connectivity index (χ1v) is 8.15. The molecule has 0 radical (unpaired) electrons. The molecule has 1 amide bonds. The number of fused-ring (bicyclic) bond motifs is 5. The van der Waals surface area contributed by atoms with Crippen molar-refractivity contribution in [3.05, 3.63) is 48.5 Å². The third kappa shape index (κ3) is 2.22. The molecule has 2 N–H and O–H groups in total. The Balaban J connectivity index is 2.11. The lowest BCUT2D eigenvalue weighted by molar-refractivity contribution is -0.117. The highest BCUT2D eigenvalue weighted by atomic mass is 32.2. The number of aromatic nitrogens is 3. The quantitative estimate of drug-likeness (QED) is 0.465. The number of thioether (sulfide) groups is 1. The summed E-state index contributed by atoms with van der Waals surface area (Å²) in [6.45, 7) is 1.79. The van der Waals surface area contributed by atoms with Gasteiger partial charge < -0.3 is 5.73 Å². The summed E-state index contributed by atoms with van der Waals surface area (Å²) in [7, 11) is 0. The van der Waals surface area contributed by atoms with Crippen molar-refractivity contribution < 1.29 is 4.79 Å². The molecule has 0 bridgehead atoms. The number of carbonyl (C=O) groups is 1. The number of para-hydroxylation sites is 3. The Hall–Kier alpha value is -2.60. The van der Waals surface area contributed by atoms with E-state index in [-0.39, 0.29) is 11.2 Å². The molecule has 114 valence electrons. The average molecular weight is 322 g/mol. The van der Waals surface area contributed by atoms with Crippen molar-refractivity contribution >= 4 is 45.3 Å². The van der Waals surface area contributed by atoms with Gasteiger partial charge in [-0.15, -0.1) is 0 Å². The molecule has 23 heavy (non-hydrogen) atoms. The summed E-state index contributed by atoms with van der Waals surface area (Å²) >= 11 is 1.35. The minimum atomic E-state index is -0.368. The maximum atomic E-state index is 11.5. The van der Waals surface area contributed by atoms with E-state index in [1.807, 2.05) is 52.9 Å². The molecular formula is C17H14N4OS. The summed E-state index contributed by atoms with van der Waals surface area (Å²) in [5.74, 6) is -0.359. The molecule has 2 heterocycles. The number of imidazole rings is 1. The number of nitrogens with zero attached hydrogens (tertiary/aromatic N) is 3. The zero-order valence-corrected chi connectivity index (χ0v) is 13.2. The van der Waals surface area contributed by atoms with Crippen molar-refractivity contribution in [2.45, 2.75) is 17.3 Å². The molecule has 0 unspecified atom stereocenters. The van der Waals surface area contributed by atoms with Gasteiger partial charge in [-0.3, -0.25) is 9.20 Å². The van der Waals surface area contributed by atoms with Gasteiger partial charge in [0, 0.05) is 5.39 Å². The van der Waals surface area contributed by atoms with E-state index < -0.39 is 0 Å². The highest BCUT2D eigenvalue weighted by Gasteiger charge is 2.18. The average Bonchev–Trinajstić information content (AvgIpc) is 2.95. The van der Waals surface area contributed by atoms with Crippen LogP contribution in [0, 0.1) is 0 Å². The lowest BCUT2D eigenvalue weighted by atomic mass is 10.2. The molecule has 0 aliphatic heterocycles. The molecule has 1 atom stereocenters. The minimum absolute atomic E-state index is 0.359. The number of hydrogen-bond donors (Lipinski definition) is 1. The van der Waals surface area contributed by atoms with Crippen LogP contribution >= 0.6 is 11.8 Å². The maximum Gasteiger partial charge on any atom is 0.230 e. The van der Waals surface area contributed by atoms with Crippen LogP contribution in [0.1, 0.15) is 6.92 Å². The highest BCUT2D eigenvalue weighted by Crippen LogP contribution is 2.30. The van der Waals surface area contributed by atoms with Crippen LogP contribution in [0.25, 0.3) is 27.6 Å². The minimum Gasteiger partial charge on any atom is -0.369 e. The molecule has 0 saturated carbocycles. The van der Waals surface area contributed by atoms with Gasteiger partial charge in [-0.1, -0.05) is 36.0 Å². The molecular weight excluding hydrogens is 308 g/mol. The lowest BCUT2D eigenvalue weighted by Gasteiger charge is -2.10. The molecule has 4 aromatic rings. The number of rotatable bonds is 3. The topological polar surface area (TPSA) is 73.3 Å². The number of carbonyl (C=O) groups excluding carboxylic acids is 1. The predicted octanol–water partition coefficient (Wildman–Crippen LogP) is 3.00. The van der Waals surface area contributed by atoms with E-state index in [2.05, 4.69) is 0 Å². The van der Waals surface area contributed by atoms with Crippen molar-refractivity contribution in [2.24, 2.45) is 5.73 Å². The van der Waals surface area contributed by atoms with Crippen molar-refractivity contribution in [3.8, 4) is 0 Å². The fourth-order valence-electron chi connectivity index (χ4n) is 2.61. The standard InChI is InChI=1S/C17H14N4OS/c1-10(15(18)22)23-17-20-12-7-3-2-6-11(12)16-19-13-8-4-5-9-14(13)21(16)17/h2-10H,1H3,(H2,18,22)/t10-/m0/s1. The first kappa shape index (κ1) is 14.0. The van der Waals surface area contributed by atoms with Crippen molar-refractivity contribution in [2.75, 3.05) is 0 Å². The second-order valence-corrected chi connectivity index (χ2v) is 6.64. The largest absolute Gasteiger partial charge is 0.369 e. The molecule has 0 fully saturated rings. The Morgan fingerprint density at radius 3 is 2.57 bits per heavy atom. The highest BCUT2D eigenvalue weighted by molar-refractivity contribution is 8.00. The third-order valence-corrected chi connectivity index (χ3v) is 4.87. The fraction of sp³-hybridized carbons (Fsp3) is 0.118. The van der Waals surface area contributed by atoms with Crippen LogP contribution < -0.4 is 5.73 Å². The predicted molar refractivity (Wildman–Crippen MR) is 92.5 cm³/mol. The van der Waals surface area contributed by atoms with E-state index >= 15 is 0 Å². The van der Waals surface area contributed by atoms with E-state index in [0.717, 1.165) is 32.7 Å². The van der Waals surface area contributed by atoms with E-state index in [9.17, 15) is 4.79 Å². The van der Waals surface area contributed by atoms with Gasteiger partial charge >= 0.3 is 0 Å². The molecule has 0 saturated heterocycles. The van der Waals surface area contributed by atoms with Crippen LogP contribution in [0.15, 0.2) is 53.7 Å². The Bertz CT molecular complexity index is 1060. The van der Waals surface area contributed by atoms with E-state index in [1.165, 1.54) is 11.8 Å². The summed E-state index contributed by atoms with van der Waals surface area (Å²) in [5, 5.41) is 1.34. The summed E-state index contributed by atoms with van der Waals surface area (Å²) < 4.78 is 2.00. The smallest absolute Gasteiger partial charge is 0.230 e. The van der Waals surface area contributed by atoms with Gasteiger partial charge in [0.25, 0.3) is 0 Å². The van der Waals surface area contributed by atoms with Gasteiger partial charge in [0.05, 0.1) is 21.8 Å². The van der Waals surface area contributed by atoms with Crippen molar-refractivity contribution in [1.82, 2.24) is 14.4 Å². The first-order chi connectivity index (χ1) is 11.1. The molecule has 2 aromatic heterocycles. The van der Waals surface area contributed by atoms with Crippen molar-refractivity contribution in [3.63, 3.8) is 0 Å². The molecule has 2 aromatic carbocycles. The number of amides is 1. The summed E-state index contributed by atoms with van der Waals surface area (Å²) in [6.07, 6.45) is 0. The number of hydrogen-bond acceptors (Lipinski definition) is 4. The summed E-state index contributed by atoms with van der Waals surface area (Å²) in [4.78, 5) is 20.9.